The van der Waals surface area contributed by atoms with Gasteiger partial charge in [-0.05, 0) is 57.3 Å². The largest absolute Gasteiger partial charge is 0.381 e. The van der Waals surface area contributed by atoms with E-state index in [9.17, 15) is 0 Å². The second kappa shape index (κ2) is 6.38. The maximum Gasteiger partial charge on any atom is 0.0471 e. The zero-order valence-electron chi connectivity index (χ0n) is 13.3. The summed E-state index contributed by atoms with van der Waals surface area (Å²) >= 11 is 0. The molecule has 1 rings (SSSR count). The van der Waals surface area contributed by atoms with Crippen LogP contribution in [0.4, 0.5) is 0 Å². The lowest BCUT2D eigenvalue weighted by atomic mass is 9.67. The van der Waals surface area contributed by atoms with Crippen LogP contribution in [-0.2, 0) is 4.74 Å². The molecule has 18 heavy (non-hydrogen) atoms. The average Bonchev–Trinajstić information content (AvgIpc) is 2.26. The van der Waals surface area contributed by atoms with Crippen molar-refractivity contribution in [3.05, 3.63) is 0 Å². The molecule has 1 atom stereocenters. The van der Waals surface area contributed by atoms with Gasteiger partial charge in [-0.2, -0.15) is 0 Å². The van der Waals surface area contributed by atoms with Crippen molar-refractivity contribution >= 4 is 0 Å². The molecule has 0 saturated carbocycles. The summed E-state index contributed by atoms with van der Waals surface area (Å²) in [4.78, 5) is 0. The fourth-order valence-corrected chi connectivity index (χ4v) is 3.02. The molecular weight excluding hydrogens is 222 g/mol. The smallest absolute Gasteiger partial charge is 0.0471 e. The van der Waals surface area contributed by atoms with Crippen LogP contribution in [0.2, 0.25) is 0 Å². The second-order valence-corrected chi connectivity index (χ2v) is 7.61. The van der Waals surface area contributed by atoms with Gasteiger partial charge < -0.3 is 10.1 Å². The molecule has 1 unspecified atom stereocenters. The Balaban J connectivity index is 2.68. The van der Waals surface area contributed by atoms with Gasteiger partial charge in [-0.3, -0.25) is 0 Å². The van der Waals surface area contributed by atoms with Gasteiger partial charge in [-0.25, -0.2) is 0 Å². The number of hydrogen-bond donors (Lipinski definition) is 1. The van der Waals surface area contributed by atoms with Crippen molar-refractivity contribution in [3.8, 4) is 0 Å². The van der Waals surface area contributed by atoms with Crippen LogP contribution >= 0.6 is 0 Å². The molecule has 0 aliphatic carbocycles. The van der Waals surface area contributed by atoms with Crippen molar-refractivity contribution in [2.75, 3.05) is 19.8 Å². The number of hydrogen-bond acceptors (Lipinski definition) is 2. The van der Waals surface area contributed by atoms with Crippen molar-refractivity contribution in [3.63, 3.8) is 0 Å². The van der Waals surface area contributed by atoms with E-state index in [4.69, 9.17) is 4.74 Å². The van der Waals surface area contributed by atoms with Gasteiger partial charge in [0.2, 0.25) is 0 Å². The first-order valence-corrected chi connectivity index (χ1v) is 7.58. The molecule has 2 heteroatoms. The lowest BCUT2D eigenvalue weighted by Gasteiger charge is -2.44. The maximum absolute atomic E-state index is 5.58. The second-order valence-electron chi connectivity index (χ2n) is 7.61. The summed E-state index contributed by atoms with van der Waals surface area (Å²) in [5.41, 5.74) is 0.651. The Hall–Kier alpha value is -0.0800. The van der Waals surface area contributed by atoms with Crippen LogP contribution in [0.25, 0.3) is 0 Å². The molecule has 0 aromatic rings. The van der Waals surface area contributed by atoms with Gasteiger partial charge in [-0.1, -0.05) is 20.8 Å². The van der Waals surface area contributed by atoms with Gasteiger partial charge in [0.05, 0.1) is 0 Å². The van der Waals surface area contributed by atoms with Gasteiger partial charge in [0.25, 0.3) is 0 Å². The van der Waals surface area contributed by atoms with Gasteiger partial charge in [-0.15, -0.1) is 0 Å². The molecule has 108 valence electrons. The predicted octanol–water partition coefficient (Wildman–Crippen LogP) is 3.85. The van der Waals surface area contributed by atoms with Gasteiger partial charge in [0, 0.05) is 25.3 Å². The van der Waals surface area contributed by atoms with Crippen LogP contribution in [0.3, 0.4) is 0 Å². The van der Waals surface area contributed by atoms with Crippen molar-refractivity contribution < 1.29 is 4.74 Å². The normalized spacial score (nSPS) is 22.2. The highest BCUT2D eigenvalue weighted by molar-refractivity contribution is 4.90. The van der Waals surface area contributed by atoms with Gasteiger partial charge in [0.15, 0.2) is 0 Å². The lowest BCUT2D eigenvalue weighted by Crippen LogP contribution is -2.49. The highest BCUT2D eigenvalue weighted by Gasteiger charge is 2.38. The van der Waals surface area contributed by atoms with E-state index in [2.05, 4.69) is 46.9 Å². The number of nitrogens with one attached hydrogen (secondary N) is 1. The molecule has 0 amide bonds. The van der Waals surface area contributed by atoms with Crippen LogP contribution in [0, 0.1) is 17.3 Å². The quantitative estimate of drug-likeness (QED) is 0.805. The summed E-state index contributed by atoms with van der Waals surface area (Å²) in [6.45, 7) is 16.9. The molecule has 0 aromatic heterocycles. The third kappa shape index (κ3) is 4.89. The topological polar surface area (TPSA) is 21.3 Å². The van der Waals surface area contributed by atoms with E-state index >= 15 is 0 Å². The fourth-order valence-electron chi connectivity index (χ4n) is 3.02. The van der Waals surface area contributed by atoms with Crippen LogP contribution in [-0.4, -0.2) is 25.3 Å². The van der Waals surface area contributed by atoms with Crippen molar-refractivity contribution in [2.45, 2.75) is 66.3 Å². The minimum absolute atomic E-state index is 0.211. The Bertz CT molecular complexity index is 236. The zero-order valence-corrected chi connectivity index (χ0v) is 13.3. The Labute approximate surface area is 114 Å². The predicted molar refractivity (Wildman–Crippen MR) is 78.9 cm³/mol. The number of ether oxygens (including phenoxy) is 1. The van der Waals surface area contributed by atoms with E-state index in [0.29, 0.717) is 5.41 Å². The molecule has 0 radical (unpaired) electrons. The molecule has 1 fully saturated rings. The Kier molecular flexibility index (Phi) is 5.67. The molecule has 1 aliphatic rings. The minimum Gasteiger partial charge on any atom is -0.381 e. The van der Waals surface area contributed by atoms with Crippen molar-refractivity contribution in [2.24, 2.45) is 17.3 Å². The van der Waals surface area contributed by atoms with E-state index in [1.54, 1.807) is 0 Å². The Morgan fingerprint density at radius 2 is 1.67 bits per heavy atom. The van der Waals surface area contributed by atoms with E-state index < -0.39 is 0 Å². The summed E-state index contributed by atoms with van der Waals surface area (Å²) in [5, 5.41) is 3.73. The average molecular weight is 255 g/mol. The van der Waals surface area contributed by atoms with E-state index in [1.165, 1.54) is 19.3 Å². The van der Waals surface area contributed by atoms with Gasteiger partial charge >= 0.3 is 0 Å². The number of rotatable bonds is 5. The van der Waals surface area contributed by atoms with E-state index in [1.807, 2.05) is 0 Å². The van der Waals surface area contributed by atoms with Crippen LogP contribution in [0.1, 0.15) is 60.8 Å². The minimum atomic E-state index is 0.211. The van der Waals surface area contributed by atoms with Crippen LogP contribution < -0.4 is 5.32 Å². The van der Waals surface area contributed by atoms with Gasteiger partial charge in [0.1, 0.15) is 0 Å². The molecule has 0 spiro atoms. The third-order valence-electron chi connectivity index (χ3n) is 4.33. The molecule has 1 heterocycles. The first-order valence-electron chi connectivity index (χ1n) is 7.58. The summed E-state index contributed by atoms with van der Waals surface area (Å²) in [5.74, 6) is 1.56. The molecule has 0 bridgehead atoms. The van der Waals surface area contributed by atoms with E-state index in [0.717, 1.165) is 31.6 Å². The molecule has 1 saturated heterocycles. The molecular formula is C16H33NO. The highest BCUT2D eigenvalue weighted by atomic mass is 16.5. The monoisotopic (exact) mass is 255 g/mol. The summed E-state index contributed by atoms with van der Waals surface area (Å²) in [7, 11) is 0. The van der Waals surface area contributed by atoms with Crippen molar-refractivity contribution in [1.82, 2.24) is 5.32 Å². The standard InChI is InChI=1S/C16H33NO/c1-13(2)11-14(3)16(7-9-18-10-8-16)12-17-15(4,5)6/h13-14,17H,7-12H2,1-6H3. The molecule has 1 N–H and O–H groups in total. The highest BCUT2D eigenvalue weighted by Crippen LogP contribution is 2.41. The zero-order chi connectivity index (χ0) is 13.8. The first kappa shape index (κ1) is 16.0. The first-order chi connectivity index (χ1) is 8.25. The Morgan fingerprint density at radius 1 is 1.11 bits per heavy atom. The molecule has 2 nitrogen and oxygen atoms in total. The Morgan fingerprint density at radius 3 is 2.11 bits per heavy atom. The molecule has 0 aromatic carbocycles. The molecule has 1 aliphatic heterocycles. The lowest BCUT2D eigenvalue weighted by molar-refractivity contribution is -0.0215. The fraction of sp³-hybridized carbons (Fsp3) is 1.00. The van der Waals surface area contributed by atoms with Crippen LogP contribution in [0.15, 0.2) is 0 Å². The maximum atomic E-state index is 5.58. The van der Waals surface area contributed by atoms with E-state index in [-0.39, 0.29) is 5.54 Å². The summed E-state index contributed by atoms with van der Waals surface area (Å²) in [6.07, 6.45) is 3.75. The van der Waals surface area contributed by atoms with Crippen LogP contribution in [0.5, 0.6) is 0 Å². The third-order valence-corrected chi connectivity index (χ3v) is 4.33. The SMILES string of the molecule is CC(C)CC(C)C1(CNC(C)(C)C)CCOCC1. The summed E-state index contributed by atoms with van der Waals surface area (Å²) < 4.78 is 5.58. The van der Waals surface area contributed by atoms with Crippen molar-refractivity contribution in [1.29, 1.82) is 0 Å². The summed E-state index contributed by atoms with van der Waals surface area (Å²) in [6, 6.07) is 0.